The van der Waals surface area contributed by atoms with Crippen molar-refractivity contribution in [3.63, 3.8) is 0 Å². The van der Waals surface area contributed by atoms with Crippen molar-refractivity contribution in [1.82, 2.24) is 5.32 Å². The second kappa shape index (κ2) is 4.25. The molecule has 0 aromatic heterocycles. The highest BCUT2D eigenvalue weighted by Crippen LogP contribution is 2.30. The largest absolute Gasteiger partial charge is 0.323 e. The van der Waals surface area contributed by atoms with Gasteiger partial charge in [-0.15, -0.1) is 0 Å². The lowest BCUT2D eigenvalue weighted by atomic mass is 9.82. The van der Waals surface area contributed by atoms with Crippen LogP contribution in [-0.4, -0.2) is 19.1 Å². The molecule has 2 aliphatic rings. The molecule has 2 nitrogen and oxygen atoms in total. The number of hydrogen-bond donors (Lipinski definition) is 2. The second-order valence-corrected chi connectivity index (χ2v) is 4.37. The lowest BCUT2D eigenvalue weighted by Crippen LogP contribution is -2.39. The molecule has 1 saturated carbocycles. The fourth-order valence-electron chi connectivity index (χ4n) is 2.53. The van der Waals surface area contributed by atoms with Crippen molar-refractivity contribution in [2.45, 2.75) is 38.1 Å². The molecule has 1 atom stereocenters. The summed E-state index contributed by atoms with van der Waals surface area (Å²) in [5.41, 5.74) is 7.47. The predicted octanol–water partition coefficient (Wildman–Crippen LogP) is 1.42. The standard InChI is InChI=1S/C11H20N2/c12-11-6-10(7-13-8-11)9-4-2-1-3-5-9/h6,9,11,13H,1-5,7-8,12H2. The molecule has 13 heavy (non-hydrogen) atoms. The van der Waals surface area contributed by atoms with Crippen molar-refractivity contribution in [1.29, 1.82) is 0 Å². The molecule has 1 fully saturated rings. The quantitative estimate of drug-likeness (QED) is 0.599. The molecular formula is C11H20N2. The van der Waals surface area contributed by atoms with E-state index in [4.69, 9.17) is 5.73 Å². The Morgan fingerprint density at radius 2 is 2.00 bits per heavy atom. The average Bonchev–Trinajstić information content (AvgIpc) is 2.19. The Morgan fingerprint density at radius 3 is 2.69 bits per heavy atom. The first-order valence-electron chi connectivity index (χ1n) is 5.53. The number of hydrogen-bond acceptors (Lipinski definition) is 2. The van der Waals surface area contributed by atoms with Crippen LogP contribution >= 0.6 is 0 Å². The van der Waals surface area contributed by atoms with Crippen molar-refractivity contribution >= 4 is 0 Å². The smallest absolute Gasteiger partial charge is 0.0354 e. The van der Waals surface area contributed by atoms with Gasteiger partial charge in [0, 0.05) is 19.1 Å². The van der Waals surface area contributed by atoms with Crippen molar-refractivity contribution < 1.29 is 0 Å². The highest BCUT2D eigenvalue weighted by molar-refractivity contribution is 5.16. The Hall–Kier alpha value is -0.340. The van der Waals surface area contributed by atoms with E-state index in [0.29, 0.717) is 0 Å². The molecule has 0 amide bonds. The summed E-state index contributed by atoms with van der Waals surface area (Å²) in [5, 5.41) is 3.39. The van der Waals surface area contributed by atoms with Crippen LogP contribution in [0.3, 0.4) is 0 Å². The zero-order chi connectivity index (χ0) is 9.10. The number of nitrogens with one attached hydrogen (secondary N) is 1. The van der Waals surface area contributed by atoms with Crippen LogP contribution in [0.2, 0.25) is 0 Å². The molecule has 0 aromatic carbocycles. The van der Waals surface area contributed by atoms with Gasteiger partial charge in [0.05, 0.1) is 0 Å². The summed E-state index contributed by atoms with van der Waals surface area (Å²) in [6.45, 7) is 2.04. The van der Waals surface area contributed by atoms with Gasteiger partial charge in [0.25, 0.3) is 0 Å². The van der Waals surface area contributed by atoms with Gasteiger partial charge in [0.2, 0.25) is 0 Å². The lowest BCUT2D eigenvalue weighted by molar-refractivity contribution is 0.388. The summed E-state index contributed by atoms with van der Waals surface area (Å²) in [4.78, 5) is 0. The average molecular weight is 180 g/mol. The summed E-state index contributed by atoms with van der Waals surface area (Å²) >= 11 is 0. The third-order valence-corrected chi connectivity index (χ3v) is 3.27. The topological polar surface area (TPSA) is 38.0 Å². The molecule has 3 N–H and O–H groups in total. The third kappa shape index (κ3) is 2.32. The first-order chi connectivity index (χ1) is 6.36. The summed E-state index contributed by atoms with van der Waals surface area (Å²) in [6, 6.07) is 0.255. The van der Waals surface area contributed by atoms with Gasteiger partial charge in [0.1, 0.15) is 0 Å². The van der Waals surface area contributed by atoms with Gasteiger partial charge >= 0.3 is 0 Å². The zero-order valence-corrected chi connectivity index (χ0v) is 8.26. The van der Waals surface area contributed by atoms with E-state index in [1.54, 1.807) is 5.57 Å². The molecule has 74 valence electrons. The molecule has 1 aliphatic carbocycles. The van der Waals surface area contributed by atoms with Crippen LogP contribution < -0.4 is 11.1 Å². The van der Waals surface area contributed by atoms with E-state index >= 15 is 0 Å². The van der Waals surface area contributed by atoms with Gasteiger partial charge < -0.3 is 11.1 Å². The van der Waals surface area contributed by atoms with E-state index in [-0.39, 0.29) is 6.04 Å². The first kappa shape index (κ1) is 9.22. The minimum Gasteiger partial charge on any atom is -0.323 e. The SMILES string of the molecule is NC1C=C(C2CCCCC2)CNC1. The summed E-state index contributed by atoms with van der Waals surface area (Å²) in [7, 11) is 0. The molecule has 0 aromatic rings. The number of rotatable bonds is 1. The zero-order valence-electron chi connectivity index (χ0n) is 8.26. The Balaban J connectivity index is 1.97. The molecule has 0 saturated heterocycles. The fraction of sp³-hybridized carbons (Fsp3) is 0.818. The van der Waals surface area contributed by atoms with Crippen molar-refractivity contribution in [3.05, 3.63) is 11.6 Å². The maximum atomic E-state index is 5.89. The molecule has 0 spiro atoms. The maximum absolute atomic E-state index is 5.89. The molecular weight excluding hydrogens is 160 g/mol. The molecule has 1 heterocycles. The Bertz CT molecular complexity index is 192. The Labute approximate surface area is 80.6 Å². The molecule has 0 bridgehead atoms. The summed E-state index contributed by atoms with van der Waals surface area (Å²) in [6.07, 6.45) is 9.34. The van der Waals surface area contributed by atoms with Crippen LogP contribution in [0.25, 0.3) is 0 Å². The van der Waals surface area contributed by atoms with Gasteiger partial charge in [-0.05, 0) is 18.8 Å². The van der Waals surface area contributed by atoms with E-state index in [1.165, 1.54) is 32.1 Å². The predicted molar refractivity (Wildman–Crippen MR) is 55.5 cm³/mol. The maximum Gasteiger partial charge on any atom is 0.0354 e. The van der Waals surface area contributed by atoms with Gasteiger partial charge in [-0.1, -0.05) is 30.9 Å². The van der Waals surface area contributed by atoms with E-state index in [9.17, 15) is 0 Å². The molecule has 1 aliphatic heterocycles. The van der Waals surface area contributed by atoms with Gasteiger partial charge in [-0.2, -0.15) is 0 Å². The van der Waals surface area contributed by atoms with Crippen molar-refractivity contribution in [2.75, 3.05) is 13.1 Å². The number of nitrogens with two attached hydrogens (primary N) is 1. The fourth-order valence-corrected chi connectivity index (χ4v) is 2.53. The van der Waals surface area contributed by atoms with Crippen LogP contribution in [0.1, 0.15) is 32.1 Å². The van der Waals surface area contributed by atoms with Crippen LogP contribution in [0.5, 0.6) is 0 Å². The summed E-state index contributed by atoms with van der Waals surface area (Å²) < 4.78 is 0. The lowest BCUT2D eigenvalue weighted by Gasteiger charge is -2.28. The van der Waals surface area contributed by atoms with Crippen LogP contribution in [0.4, 0.5) is 0 Å². The molecule has 2 rings (SSSR count). The van der Waals surface area contributed by atoms with Crippen LogP contribution in [0.15, 0.2) is 11.6 Å². The van der Waals surface area contributed by atoms with Crippen molar-refractivity contribution in [3.8, 4) is 0 Å². The van der Waals surface area contributed by atoms with E-state index in [1.807, 2.05) is 0 Å². The monoisotopic (exact) mass is 180 g/mol. The normalized spacial score (nSPS) is 31.5. The third-order valence-electron chi connectivity index (χ3n) is 3.27. The molecule has 0 radical (unpaired) electrons. The first-order valence-corrected chi connectivity index (χ1v) is 5.53. The Kier molecular flexibility index (Phi) is 3.01. The highest BCUT2D eigenvalue weighted by Gasteiger charge is 2.20. The van der Waals surface area contributed by atoms with Crippen LogP contribution in [0, 0.1) is 5.92 Å². The van der Waals surface area contributed by atoms with Gasteiger partial charge in [0.15, 0.2) is 0 Å². The van der Waals surface area contributed by atoms with E-state index < -0.39 is 0 Å². The Morgan fingerprint density at radius 1 is 1.23 bits per heavy atom. The summed E-state index contributed by atoms with van der Waals surface area (Å²) in [5.74, 6) is 0.840. The van der Waals surface area contributed by atoms with Gasteiger partial charge in [-0.25, -0.2) is 0 Å². The van der Waals surface area contributed by atoms with Crippen molar-refractivity contribution in [2.24, 2.45) is 11.7 Å². The molecule has 1 unspecified atom stereocenters. The minimum absolute atomic E-state index is 0.255. The van der Waals surface area contributed by atoms with E-state index in [2.05, 4.69) is 11.4 Å². The highest BCUT2D eigenvalue weighted by atomic mass is 14.9. The van der Waals surface area contributed by atoms with Gasteiger partial charge in [-0.3, -0.25) is 0 Å². The van der Waals surface area contributed by atoms with Crippen LogP contribution in [-0.2, 0) is 0 Å². The second-order valence-electron chi connectivity index (χ2n) is 4.37. The molecule has 2 heteroatoms. The minimum atomic E-state index is 0.255. The van der Waals surface area contributed by atoms with E-state index in [0.717, 1.165) is 19.0 Å².